The molecule has 1 aromatic heterocycles. The van der Waals surface area contributed by atoms with Crippen molar-refractivity contribution in [2.45, 2.75) is 31.3 Å². The third-order valence-corrected chi connectivity index (χ3v) is 5.32. The van der Waals surface area contributed by atoms with Crippen LogP contribution in [0.1, 0.15) is 40.3 Å². The lowest BCUT2D eigenvalue weighted by Gasteiger charge is -2.43. The van der Waals surface area contributed by atoms with Gasteiger partial charge < -0.3 is 11.1 Å². The molecule has 1 saturated carbocycles. The first-order valence-electron chi connectivity index (χ1n) is 6.86. The first-order chi connectivity index (χ1) is 10.1. The fraction of sp³-hybridized carbons (Fsp3) is 0.333. The average Bonchev–Trinajstić information content (AvgIpc) is 2.93. The third kappa shape index (κ3) is 3.35. The highest BCUT2D eigenvalue weighted by Gasteiger charge is 2.40. The highest BCUT2D eigenvalue weighted by molar-refractivity contribution is 9.10. The minimum Gasteiger partial charge on any atom is -0.341 e. The largest absolute Gasteiger partial charge is 0.341 e. The number of hydrogen-bond acceptors (Lipinski definition) is 4. The maximum absolute atomic E-state index is 12.4. The van der Waals surface area contributed by atoms with Gasteiger partial charge in [0.1, 0.15) is 10.7 Å². The Hall–Kier alpha value is -0.950. The molecule has 1 amide bonds. The zero-order valence-electron chi connectivity index (χ0n) is 11.8. The molecule has 1 aromatic carbocycles. The van der Waals surface area contributed by atoms with Crippen LogP contribution in [0.3, 0.4) is 0 Å². The highest BCUT2D eigenvalue weighted by Crippen LogP contribution is 2.41. The summed E-state index contributed by atoms with van der Waals surface area (Å²) >= 11 is 4.87. The van der Waals surface area contributed by atoms with Gasteiger partial charge in [-0.1, -0.05) is 28.1 Å². The fourth-order valence-electron chi connectivity index (χ4n) is 2.58. The van der Waals surface area contributed by atoms with Gasteiger partial charge in [-0.05, 0) is 37.0 Å². The predicted octanol–water partition coefficient (Wildman–Crippen LogP) is 3.60. The monoisotopic (exact) mass is 401 g/mol. The van der Waals surface area contributed by atoms with E-state index in [1.165, 1.54) is 11.3 Å². The Morgan fingerprint density at radius 1 is 1.36 bits per heavy atom. The zero-order valence-corrected chi connectivity index (χ0v) is 15.1. The standard InChI is InChI=1S/C15H16BrN3OS.ClH/c16-11-4-2-10(3-5-11)15(6-1-7-15)19-14(20)12-9-21-13(8-17)18-12;/h2-5,9H,1,6-8,17H2,(H,19,20);1H. The lowest BCUT2D eigenvalue weighted by Crippen LogP contribution is -2.50. The lowest BCUT2D eigenvalue weighted by molar-refractivity contribution is 0.0818. The molecule has 3 N–H and O–H groups in total. The van der Waals surface area contributed by atoms with E-state index in [-0.39, 0.29) is 23.9 Å². The molecular formula is C15H17BrClN3OS. The van der Waals surface area contributed by atoms with E-state index in [0.717, 1.165) is 34.3 Å². The summed E-state index contributed by atoms with van der Waals surface area (Å²) in [5.74, 6) is -0.117. The lowest BCUT2D eigenvalue weighted by atomic mass is 9.71. The van der Waals surface area contributed by atoms with Gasteiger partial charge in [0, 0.05) is 16.4 Å². The summed E-state index contributed by atoms with van der Waals surface area (Å²) in [5.41, 5.74) is 6.91. The predicted molar refractivity (Wildman–Crippen MR) is 94.4 cm³/mol. The molecule has 118 valence electrons. The van der Waals surface area contributed by atoms with Crippen LogP contribution >= 0.6 is 39.7 Å². The van der Waals surface area contributed by atoms with Crippen molar-refractivity contribution < 1.29 is 4.79 Å². The number of halogens is 2. The van der Waals surface area contributed by atoms with Gasteiger partial charge in [-0.15, -0.1) is 23.7 Å². The zero-order chi connectivity index (χ0) is 14.9. The minimum absolute atomic E-state index is 0. The number of nitrogens with two attached hydrogens (primary N) is 1. The van der Waals surface area contributed by atoms with Gasteiger partial charge in [0.05, 0.1) is 5.54 Å². The number of thiazole rings is 1. The van der Waals surface area contributed by atoms with Gasteiger partial charge in [0.2, 0.25) is 0 Å². The molecule has 7 heteroatoms. The quantitative estimate of drug-likeness (QED) is 0.821. The molecule has 1 aliphatic carbocycles. The molecule has 0 radical (unpaired) electrons. The molecule has 0 bridgehead atoms. The molecule has 1 fully saturated rings. The van der Waals surface area contributed by atoms with Gasteiger partial charge in [0.25, 0.3) is 5.91 Å². The van der Waals surface area contributed by atoms with Crippen LogP contribution in [0, 0.1) is 0 Å². The number of aromatic nitrogens is 1. The molecule has 0 saturated heterocycles. The Labute approximate surface area is 148 Å². The van der Waals surface area contributed by atoms with Gasteiger partial charge in [-0.25, -0.2) is 4.98 Å². The van der Waals surface area contributed by atoms with Crippen LogP contribution in [-0.4, -0.2) is 10.9 Å². The summed E-state index contributed by atoms with van der Waals surface area (Å²) in [7, 11) is 0. The number of benzene rings is 1. The summed E-state index contributed by atoms with van der Waals surface area (Å²) in [6.07, 6.45) is 3.06. The second kappa shape index (κ2) is 7.08. The highest BCUT2D eigenvalue weighted by atomic mass is 79.9. The molecule has 4 nitrogen and oxygen atoms in total. The summed E-state index contributed by atoms with van der Waals surface area (Å²) in [4.78, 5) is 16.7. The molecular weight excluding hydrogens is 386 g/mol. The van der Waals surface area contributed by atoms with E-state index in [4.69, 9.17) is 5.73 Å². The molecule has 22 heavy (non-hydrogen) atoms. The van der Waals surface area contributed by atoms with Crippen LogP contribution in [0.5, 0.6) is 0 Å². The van der Waals surface area contributed by atoms with Gasteiger partial charge in [-0.2, -0.15) is 0 Å². The molecule has 1 heterocycles. The Morgan fingerprint density at radius 2 is 2.05 bits per heavy atom. The van der Waals surface area contributed by atoms with Gasteiger partial charge in [-0.3, -0.25) is 4.79 Å². The number of rotatable bonds is 4. The van der Waals surface area contributed by atoms with Crippen molar-refractivity contribution in [1.29, 1.82) is 0 Å². The fourth-order valence-corrected chi connectivity index (χ4v) is 3.49. The maximum Gasteiger partial charge on any atom is 0.271 e. The van der Waals surface area contributed by atoms with Crippen molar-refractivity contribution >= 4 is 45.6 Å². The number of carbonyl (C=O) groups is 1. The van der Waals surface area contributed by atoms with Gasteiger partial charge >= 0.3 is 0 Å². The Kier molecular flexibility index (Phi) is 5.60. The second-order valence-corrected chi connectivity index (χ2v) is 7.09. The topological polar surface area (TPSA) is 68.0 Å². The third-order valence-electron chi connectivity index (χ3n) is 3.92. The van der Waals surface area contributed by atoms with Crippen LogP contribution in [0.25, 0.3) is 0 Å². The first kappa shape index (κ1) is 17.4. The number of hydrogen-bond donors (Lipinski definition) is 2. The van der Waals surface area contributed by atoms with Gasteiger partial charge in [0.15, 0.2) is 0 Å². The summed E-state index contributed by atoms with van der Waals surface area (Å²) in [6, 6.07) is 8.15. The van der Waals surface area contributed by atoms with Crippen molar-refractivity contribution in [3.63, 3.8) is 0 Å². The molecule has 3 rings (SSSR count). The minimum atomic E-state index is -0.246. The van der Waals surface area contributed by atoms with E-state index in [1.807, 2.05) is 12.1 Å². The molecule has 0 atom stereocenters. The number of nitrogens with one attached hydrogen (secondary N) is 1. The van der Waals surface area contributed by atoms with Crippen molar-refractivity contribution in [1.82, 2.24) is 10.3 Å². The van der Waals surface area contributed by atoms with Crippen molar-refractivity contribution in [2.75, 3.05) is 0 Å². The van der Waals surface area contributed by atoms with E-state index in [2.05, 4.69) is 38.4 Å². The van der Waals surface area contributed by atoms with Crippen LogP contribution < -0.4 is 11.1 Å². The van der Waals surface area contributed by atoms with Crippen molar-refractivity contribution in [3.05, 3.63) is 50.4 Å². The van der Waals surface area contributed by atoms with E-state index in [9.17, 15) is 4.79 Å². The molecule has 0 unspecified atom stereocenters. The summed E-state index contributed by atoms with van der Waals surface area (Å²) < 4.78 is 1.04. The molecule has 0 spiro atoms. The van der Waals surface area contributed by atoms with E-state index < -0.39 is 0 Å². The van der Waals surface area contributed by atoms with E-state index >= 15 is 0 Å². The van der Waals surface area contributed by atoms with Crippen molar-refractivity contribution in [2.24, 2.45) is 5.73 Å². The molecule has 0 aliphatic heterocycles. The summed E-state index contributed by atoms with van der Waals surface area (Å²) in [6.45, 7) is 0.371. The number of carbonyl (C=O) groups excluding carboxylic acids is 1. The first-order valence-corrected chi connectivity index (χ1v) is 8.53. The maximum atomic E-state index is 12.4. The normalized spacial score (nSPS) is 15.5. The Balaban J connectivity index is 0.00000176. The average molecular weight is 403 g/mol. The van der Waals surface area contributed by atoms with E-state index in [0.29, 0.717) is 12.2 Å². The summed E-state index contributed by atoms with van der Waals surface area (Å²) in [5, 5.41) is 5.72. The van der Waals surface area contributed by atoms with Crippen LogP contribution in [-0.2, 0) is 12.1 Å². The van der Waals surface area contributed by atoms with Crippen molar-refractivity contribution in [3.8, 4) is 0 Å². The Bertz CT molecular complexity index is 655. The van der Waals surface area contributed by atoms with Crippen LogP contribution in [0.2, 0.25) is 0 Å². The molecule has 2 aromatic rings. The van der Waals surface area contributed by atoms with Crippen LogP contribution in [0.4, 0.5) is 0 Å². The number of nitrogens with zero attached hydrogens (tertiary/aromatic N) is 1. The van der Waals surface area contributed by atoms with Crippen LogP contribution in [0.15, 0.2) is 34.1 Å². The smallest absolute Gasteiger partial charge is 0.271 e. The molecule has 1 aliphatic rings. The van der Waals surface area contributed by atoms with E-state index in [1.54, 1.807) is 5.38 Å². The number of amides is 1. The second-order valence-electron chi connectivity index (χ2n) is 5.23. The SMILES string of the molecule is Cl.NCc1nc(C(=O)NC2(c3ccc(Br)cc3)CCC2)cs1. The Morgan fingerprint density at radius 3 is 2.55 bits per heavy atom.